The maximum atomic E-state index is 9.93. The van der Waals surface area contributed by atoms with Crippen molar-refractivity contribution >= 4 is 18.1 Å². The molecule has 28 heavy (non-hydrogen) atoms. The van der Waals surface area contributed by atoms with Crippen molar-refractivity contribution in [2.75, 3.05) is 37.6 Å². The summed E-state index contributed by atoms with van der Waals surface area (Å²) < 4.78 is 0. The second kappa shape index (κ2) is 10.3. The summed E-state index contributed by atoms with van der Waals surface area (Å²) in [5.74, 6) is 1.59. The molecule has 4 heteroatoms. The molecule has 1 aliphatic carbocycles. The highest BCUT2D eigenvalue weighted by Crippen LogP contribution is 2.45. The van der Waals surface area contributed by atoms with Gasteiger partial charge in [-0.05, 0) is 61.0 Å². The van der Waals surface area contributed by atoms with E-state index >= 15 is 0 Å². The summed E-state index contributed by atoms with van der Waals surface area (Å²) in [7, 11) is 0. The Balaban J connectivity index is 0.00000280. The van der Waals surface area contributed by atoms with E-state index in [0.29, 0.717) is 5.41 Å². The van der Waals surface area contributed by atoms with Crippen LogP contribution in [-0.4, -0.2) is 48.8 Å². The molecule has 1 atom stereocenters. The molecule has 0 spiro atoms. The number of hydrogen-bond acceptors (Lipinski definition) is 3. The van der Waals surface area contributed by atoms with E-state index in [9.17, 15) is 5.11 Å². The SMILES string of the molecule is CCC(O)CN1CCN(c2ccccc2C2CCC(C(C)(C)C)CC2)CC1.Cl. The van der Waals surface area contributed by atoms with Crippen molar-refractivity contribution in [3.05, 3.63) is 29.8 Å². The zero-order valence-corrected chi connectivity index (χ0v) is 19.2. The largest absolute Gasteiger partial charge is 0.392 e. The van der Waals surface area contributed by atoms with Gasteiger partial charge in [-0.2, -0.15) is 0 Å². The van der Waals surface area contributed by atoms with Gasteiger partial charge in [-0.15, -0.1) is 12.4 Å². The number of β-amino-alcohol motifs (C(OH)–C–C–N with tert-alkyl or cyclic N) is 1. The van der Waals surface area contributed by atoms with Gasteiger partial charge in [-0.1, -0.05) is 45.9 Å². The Morgan fingerprint density at radius 1 is 1.00 bits per heavy atom. The number of anilines is 1. The standard InChI is InChI=1S/C24H40N2O.ClH/c1-5-21(27)18-25-14-16-26(17-15-25)23-9-7-6-8-22(23)19-10-12-20(13-11-19)24(2,3)4;/h6-9,19-21,27H,5,10-18H2,1-4H3;1H. The minimum Gasteiger partial charge on any atom is -0.392 e. The van der Waals surface area contributed by atoms with E-state index in [1.165, 1.54) is 31.4 Å². The molecule has 0 amide bonds. The van der Waals surface area contributed by atoms with E-state index in [2.05, 4.69) is 61.8 Å². The van der Waals surface area contributed by atoms with Crippen molar-refractivity contribution < 1.29 is 5.11 Å². The van der Waals surface area contributed by atoms with Crippen LogP contribution in [-0.2, 0) is 0 Å². The predicted octanol–water partition coefficient (Wildman–Crippen LogP) is 5.32. The molecule has 1 unspecified atom stereocenters. The first-order valence-electron chi connectivity index (χ1n) is 11.1. The molecule has 1 aromatic carbocycles. The normalized spacial score (nSPS) is 25.2. The molecule has 0 aromatic heterocycles. The fourth-order valence-electron chi connectivity index (χ4n) is 4.99. The van der Waals surface area contributed by atoms with Crippen LogP contribution in [0.1, 0.15) is 71.3 Å². The first-order chi connectivity index (χ1) is 12.9. The zero-order chi connectivity index (χ0) is 19.4. The number of halogens is 1. The summed E-state index contributed by atoms with van der Waals surface area (Å²) in [5, 5.41) is 9.93. The van der Waals surface area contributed by atoms with Crippen LogP contribution in [0.5, 0.6) is 0 Å². The lowest BCUT2D eigenvalue weighted by molar-refractivity contribution is 0.106. The Morgan fingerprint density at radius 2 is 1.61 bits per heavy atom. The molecule has 1 aromatic rings. The Morgan fingerprint density at radius 3 is 2.18 bits per heavy atom. The smallest absolute Gasteiger partial charge is 0.0664 e. The maximum Gasteiger partial charge on any atom is 0.0664 e. The molecule has 2 fully saturated rings. The Hall–Kier alpha value is -0.770. The van der Waals surface area contributed by atoms with E-state index in [-0.39, 0.29) is 18.5 Å². The summed E-state index contributed by atoms with van der Waals surface area (Å²) in [4.78, 5) is 5.00. The van der Waals surface area contributed by atoms with E-state index in [0.717, 1.165) is 51.0 Å². The molecule has 1 N–H and O–H groups in total. The van der Waals surface area contributed by atoms with Crippen molar-refractivity contribution in [2.45, 2.75) is 71.8 Å². The van der Waals surface area contributed by atoms with Gasteiger partial charge in [0.2, 0.25) is 0 Å². The van der Waals surface area contributed by atoms with Gasteiger partial charge < -0.3 is 10.0 Å². The molecule has 160 valence electrons. The molecule has 0 radical (unpaired) electrons. The topological polar surface area (TPSA) is 26.7 Å². The van der Waals surface area contributed by atoms with Crippen LogP contribution in [0.4, 0.5) is 5.69 Å². The van der Waals surface area contributed by atoms with Gasteiger partial charge in [-0.3, -0.25) is 4.90 Å². The Bertz CT molecular complexity index is 585. The average Bonchev–Trinajstić information content (AvgIpc) is 2.68. The molecule has 1 saturated carbocycles. The van der Waals surface area contributed by atoms with E-state index in [1.807, 2.05) is 0 Å². The summed E-state index contributed by atoms with van der Waals surface area (Å²) >= 11 is 0. The van der Waals surface area contributed by atoms with Gasteiger partial charge in [0.25, 0.3) is 0 Å². The van der Waals surface area contributed by atoms with Crippen molar-refractivity contribution in [3.8, 4) is 0 Å². The molecule has 1 heterocycles. The Kier molecular flexibility index (Phi) is 8.66. The van der Waals surface area contributed by atoms with E-state index in [1.54, 1.807) is 5.56 Å². The molecular weight excluding hydrogens is 368 g/mol. The fourth-order valence-corrected chi connectivity index (χ4v) is 4.99. The molecule has 2 aliphatic rings. The first kappa shape index (κ1) is 23.5. The van der Waals surface area contributed by atoms with Crippen LogP contribution in [0.25, 0.3) is 0 Å². The second-order valence-electron chi connectivity index (χ2n) is 9.82. The first-order valence-corrected chi connectivity index (χ1v) is 11.1. The van der Waals surface area contributed by atoms with Crippen molar-refractivity contribution in [1.82, 2.24) is 4.90 Å². The van der Waals surface area contributed by atoms with Crippen LogP contribution >= 0.6 is 12.4 Å². The summed E-state index contributed by atoms with van der Waals surface area (Å²) in [6.45, 7) is 14.4. The zero-order valence-electron chi connectivity index (χ0n) is 18.4. The van der Waals surface area contributed by atoms with Crippen LogP contribution in [0, 0.1) is 11.3 Å². The highest BCUT2D eigenvalue weighted by molar-refractivity contribution is 5.85. The third-order valence-corrected chi connectivity index (χ3v) is 6.98. The van der Waals surface area contributed by atoms with Gasteiger partial charge in [0, 0.05) is 38.4 Å². The lowest BCUT2D eigenvalue weighted by Crippen LogP contribution is -2.48. The van der Waals surface area contributed by atoms with Crippen molar-refractivity contribution in [1.29, 1.82) is 0 Å². The third kappa shape index (κ3) is 5.87. The van der Waals surface area contributed by atoms with Gasteiger partial charge >= 0.3 is 0 Å². The number of para-hydroxylation sites is 1. The third-order valence-electron chi connectivity index (χ3n) is 6.98. The number of aliphatic hydroxyl groups is 1. The number of hydrogen-bond donors (Lipinski definition) is 1. The number of aliphatic hydroxyl groups excluding tert-OH is 1. The van der Waals surface area contributed by atoms with Gasteiger partial charge in [0.1, 0.15) is 0 Å². The molecule has 0 bridgehead atoms. The van der Waals surface area contributed by atoms with E-state index < -0.39 is 0 Å². The highest BCUT2D eigenvalue weighted by atomic mass is 35.5. The van der Waals surface area contributed by atoms with Gasteiger partial charge in [-0.25, -0.2) is 0 Å². The lowest BCUT2D eigenvalue weighted by atomic mass is 9.68. The second-order valence-corrected chi connectivity index (χ2v) is 9.82. The molecule has 3 rings (SSSR count). The highest BCUT2D eigenvalue weighted by Gasteiger charge is 2.31. The number of nitrogens with zero attached hydrogens (tertiary/aromatic N) is 2. The quantitative estimate of drug-likeness (QED) is 0.714. The monoisotopic (exact) mass is 408 g/mol. The number of benzene rings is 1. The Labute approximate surface area is 178 Å². The van der Waals surface area contributed by atoms with Crippen LogP contribution in [0.3, 0.4) is 0 Å². The van der Waals surface area contributed by atoms with Crippen molar-refractivity contribution in [2.24, 2.45) is 11.3 Å². The van der Waals surface area contributed by atoms with Gasteiger partial charge in [0.15, 0.2) is 0 Å². The van der Waals surface area contributed by atoms with Crippen LogP contribution in [0.2, 0.25) is 0 Å². The fraction of sp³-hybridized carbons (Fsp3) is 0.750. The number of piperazine rings is 1. The van der Waals surface area contributed by atoms with Crippen LogP contribution in [0.15, 0.2) is 24.3 Å². The predicted molar refractivity (Wildman–Crippen MR) is 123 cm³/mol. The summed E-state index contributed by atoms with van der Waals surface area (Å²) in [6.07, 6.45) is 6.07. The van der Waals surface area contributed by atoms with Crippen molar-refractivity contribution in [3.63, 3.8) is 0 Å². The molecule has 3 nitrogen and oxygen atoms in total. The van der Waals surface area contributed by atoms with E-state index in [4.69, 9.17) is 0 Å². The summed E-state index contributed by atoms with van der Waals surface area (Å²) in [6, 6.07) is 9.14. The lowest BCUT2D eigenvalue weighted by Gasteiger charge is -2.40. The minimum absolute atomic E-state index is 0. The average molecular weight is 409 g/mol. The number of rotatable bonds is 5. The molecular formula is C24H41ClN2O. The summed E-state index contributed by atoms with van der Waals surface area (Å²) in [5.41, 5.74) is 3.49. The molecule has 1 saturated heterocycles. The van der Waals surface area contributed by atoms with Crippen LogP contribution < -0.4 is 4.90 Å². The minimum atomic E-state index is -0.179. The van der Waals surface area contributed by atoms with Gasteiger partial charge in [0.05, 0.1) is 6.10 Å². The maximum absolute atomic E-state index is 9.93. The molecule has 1 aliphatic heterocycles.